The molecule has 2 atom stereocenters. The fourth-order valence-electron chi connectivity index (χ4n) is 4.18. The van der Waals surface area contributed by atoms with E-state index in [0.29, 0.717) is 5.56 Å². The molecule has 3 aromatic rings. The van der Waals surface area contributed by atoms with Crippen molar-refractivity contribution in [3.05, 3.63) is 118 Å². The summed E-state index contributed by atoms with van der Waals surface area (Å²) in [4.78, 5) is 12.6. The minimum atomic E-state index is -0.521. The van der Waals surface area contributed by atoms with Crippen LogP contribution >= 0.6 is 0 Å². The number of carbonyl (C=O) groups excluding carboxylic acids is 1. The Bertz CT molecular complexity index is 1030. The molecule has 1 N–H and O–H groups in total. The van der Waals surface area contributed by atoms with Crippen LogP contribution in [0.5, 0.6) is 0 Å². The number of halogens is 2. The van der Waals surface area contributed by atoms with Crippen LogP contribution in [0, 0.1) is 24.5 Å². The van der Waals surface area contributed by atoms with Crippen molar-refractivity contribution in [3.63, 3.8) is 0 Å². The summed E-state index contributed by atoms with van der Waals surface area (Å²) >= 11 is 0. The van der Waals surface area contributed by atoms with Gasteiger partial charge in [0, 0.05) is 35.7 Å². The largest absolute Gasteiger partial charge is 0.383 e. The first-order valence-corrected chi connectivity index (χ1v) is 10.9. The van der Waals surface area contributed by atoms with Gasteiger partial charge in [0.1, 0.15) is 11.6 Å². The van der Waals surface area contributed by atoms with Crippen molar-refractivity contribution in [2.75, 3.05) is 0 Å². The van der Waals surface area contributed by atoms with Gasteiger partial charge in [-0.25, -0.2) is 8.78 Å². The molecule has 0 bridgehead atoms. The summed E-state index contributed by atoms with van der Waals surface area (Å²) in [7, 11) is 0. The number of carbonyl (C=O) groups is 1. The van der Waals surface area contributed by atoms with Gasteiger partial charge in [-0.05, 0) is 42.2 Å². The first-order valence-electron chi connectivity index (χ1n) is 10.9. The highest BCUT2D eigenvalue weighted by atomic mass is 19.1. The van der Waals surface area contributed by atoms with Crippen LogP contribution in [-0.2, 0) is 11.3 Å². The van der Waals surface area contributed by atoms with E-state index >= 15 is 0 Å². The summed E-state index contributed by atoms with van der Waals surface area (Å²) in [6.07, 6.45) is 0.781. The maximum Gasteiger partial charge on any atom is 0.164 e. The summed E-state index contributed by atoms with van der Waals surface area (Å²) in [5.74, 6) is -0.607. The summed E-state index contributed by atoms with van der Waals surface area (Å²) in [5, 5.41) is 3.57. The molecule has 2 unspecified atom stereocenters. The van der Waals surface area contributed by atoms with Gasteiger partial charge >= 0.3 is 0 Å². The number of hydrogen-bond acceptors (Lipinski definition) is 2. The molecule has 4 rings (SSSR count). The lowest BCUT2D eigenvalue weighted by Gasteiger charge is -2.21. The lowest BCUT2D eigenvalue weighted by atomic mass is 9.88. The second-order valence-electron chi connectivity index (χ2n) is 8.07. The lowest BCUT2D eigenvalue weighted by Crippen LogP contribution is -2.20. The van der Waals surface area contributed by atoms with E-state index in [0.717, 1.165) is 30.3 Å². The van der Waals surface area contributed by atoms with Crippen molar-refractivity contribution in [1.29, 1.82) is 0 Å². The highest BCUT2D eigenvalue weighted by Crippen LogP contribution is 2.41. The number of Topliss-reactive ketones (excluding diaryl/α,β-unsaturated/α-hetero) is 1. The molecule has 0 fully saturated rings. The van der Waals surface area contributed by atoms with Gasteiger partial charge in [0.2, 0.25) is 0 Å². The van der Waals surface area contributed by atoms with Crippen LogP contribution in [0.1, 0.15) is 42.9 Å². The van der Waals surface area contributed by atoms with E-state index in [1.807, 2.05) is 43.3 Å². The monoisotopic (exact) mass is 433 g/mol. The van der Waals surface area contributed by atoms with Crippen molar-refractivity contribution in [3.8, 4) is 0 Å². The number of hydrogen-bond donors (Lipinski definition) is 1. The SMILES string of the molecule is CCC1=C(NCc2ccccc2)C(c2ccccc2)C(C)C1=O.Cc1cc(F)cc(F)c1. The molecule has 1 aliphatic rings. The van der Waals surface area contributed by atoms with Crippen LogP contribution < -0.4 is 5.32 Å². The number of aryl methyl sites for hydroxylation is 1. The van der Waals surface area contributed by atoms with Gasteiger partial charge in [-0.3, -0.25) is 4.79 Å². The second-order valence-corrected chi connectivity index (χ2v) is 8.07. The number of ketones is 1. The molecule has 0 saturated heterocycles. The van der Waals surface area contributed by atoms with Crippen LogP contribution in [0.4, 0.5) is 8.78 Å². The molecule has 4 heteroatoms. The van der Waals surface area contributed by atoms with Gasteiger partial charge in [0.05, 0.1) is 0 Å². The van der Waals surface area contributed by atoms with Gasteiger partial charge in [-0.1, -0.05) is 74.5 Å². The Labute approximate surface area is 189 Å². The molecule has 0 radical (unpaired) electrons. The molecule has 0 aromatic heterocycles. The van der Waals surface area contributed by atoms with E-state index in [2.05, 4.69) is 36.5 Å². The Kier molecular flexibility index (Phi) is 7.93. The van der Waals surface area contributed by atoms with E-state index in [9.17, 15) is 13.6 Å². The van der Waals surface area contributed by atoms with Crippen LogP contribution in [0.3, 0.4) is 0 Å². The van der Waals surface area contributed by atoms with Crippen LogP contribution in [0.15, 0.2) is 90.1 Å². The maximum atomic E-state index is 12.6. The van der Waals surface area contributed by atoms with Crippen LogP contribution in [0.2, 0.25) is 0 Å². The first-order chi connectivity index (χ1) is 15.4. The number of nitrogens with one attached hydrogen (secondary N) is 1. The molecule has 2 nitrogen and oxygen atoms in total. The van der Waals surface area contributed by atoms with E-state index in [1.165, 1.54) is 23.3 Å². The highest BCUT2D eigenvalue weighted by Gasteiger charge is 2.38. The minimum Gasteiger partial charge on any atom is -0.383 e. The Morgan fingerprint density at radius 1 is 0.875 bits per heavy atom. The van der Waals surface area contributed by atoms with Crippen molar-refractivity contribution in [1.82, 2.24) is 5.32 Å². The predicted octanol–water partition coefficient (Wildman–Crippen LogP) is 6.72. The van der Waals surface area contributed by atoms with E-state index in [-0.39, 0.29) is 17.6 Å². The van der Waals surface area contributed by atoms with Gasteiger partial charge in [0.15, 0.2) is 5.78 Å². The predicted molar refractivity (Wildman–Crippen MR) is 125 cm³/mol. The maximum absolute atomic E-state index is 12.6. The summed E-state index contributed by atoms with van der Waals surface area (Å²) in [6, 6.07) is 24.1. The van der Waals surface area contributed by atoms with Crippen LogP contribution in [-0.4, -0.2) is 5.78 Å². The van der Waals surface area contributed by atoms with Gasteiger partial charge in [-0.15, -0.1) is 0 Å². The molecule has 0 aliphatic heterocycles. The summed E-state index contributed by atoms with van der Waals surface area (Å²) in [6.45, 7) is 6.51. The molecule has 166 valence electrons. The second kappa shape index (κ2) is 10.9. The van der Waals surface area contributed by atoms with Crippen molar-refractivity contribution >= 4 is 5.78 Å². The zero-order valence-electron chi connectivity index (χ0n) is 18.7. The van der Waals surface area contributed by atoms with E-state index in [4.69, 9.17) is 0 Å². The average molecular weight is 434 g/mol. The lowest BCUT2D eigenvalue weighted by molar-refractivity contribution is -0.118. The standard InChI is InChI=1S/C21H23NO.C7H6F2/c1-3-18-20(22-14-16-10-6-4-7-11-16)19(15(2)21(18)23)17-12-8-5-9-13-17;1-5-2-6(8)4-7(9)3-5/h4-13,15,19,22H,3,14H2,1-2H3;2-4H,1H3. The number of rotatable bonds is 5. The molecule has 0 saturated carbocycles. The van der Waals surface area contributed by atoms with Gasteiger partial charge < -0.3 is 5.32 Å². The molecule has 0 spiro atoms. The van der Waals surface area contributed by atoms with Crippen molar-refractivity contribution in [2.24, 2.45) is 5.92 Å². The van der Waals surface area contributed by atoms with Crippen molar-refractivity contribution in [2.45, 2.75) is 39.7 Å². The molecule has 0 heterocycles. The van der Waals surface area contributed by atoms with Gasteiger partial charge in [-0.2, -0.15) is 0 Å². The fraction of sp³-hybridized carbons (Fsp3) is 0.250. The van der Waals surface area contributed by atoms with Crippen LogP contribution in [0.25, 0.3) is 0 Å². The summed E-state index contributed by atoms with van der Waals surface area (Å²) in [5.41, 5.74) is 5.12. The van der Waals surface area contributed by atoms with E-state index < -0.39 is 11.6 Å². The number of allylic oxidation sites excluding steroid dienone is 2. The Balaban J connectivity index is 0.000000269. The third-order valence-corrected chi connectivity index (χ3v) is 5.69. The smallest absolute Gasteiger partial charge is 0.164 e. The molecular formula is C28H29F2NO. The highest BCUT2D eigenvalue weighted by molar-refractivity contribution is 6.01. The quantitative estimate of drug-likeness (QED) is 0.484. The normalized spacial score (nSPS) is 17.7. The number of benzene rings is 3. The molecule has 0 amide bonds. The Hall–Kier alpha value is -3.27. The molecular weight excluding hydrogens is 404 g/mol. The third kappa shape index (κ3) is 5.70. The first kappa shape index (κ1) is 23.4. The third-order valence-electron chi connectivity index (χ3n) is 5.69. The van der Waals surface area contributed by atoms with Gasteiger partial charge in [0.25, 0.3) is 0 Å². The molecule has 32 heavy (non-hydrogen) atoms. The van der Waals surface area contributed by atoms with Crippen molar-refractivity contribution < 1.29 is 13.6 Å². The fourth-order valence-corrected chi connectivity index (χ4v) is 4.18. The Morgan fingerprint density at radius 3 is 1.97 bits per heavy atom. The average Bonchev–Trinajstić information content (AvgIpc) is 3.02. The van der Waals surface area contributed by atoms with E-state index in [1.54, 1.807) is 6.92 Å². The topological polar surface area (TPSA) is 29.1 Å². The Morgan fingerprint density at radius 2 is 1.44 bits per heavy atom. The zero-order valence-corrected chi connectivity index (χ0v) is 18.7. The summed E-state index contributed by atoms with van der Waals surface area (Å²) < 4.78 is 24.4. The molecule has 3 aromatic carbocycles. The zero-order chi connectivity index (χ0) is 23.1. The molecule has 1 aliphatic carbocycles. The minimum absolute atomic E-state index is 0.00521.